The topological polar surface area (TPSA) is 75.6 Å². The predicted molar refractivity (Wildman–Crippen MR) is 137 cm³/mol. The third-order valence-corrected chi connectivity index (χ3v) is 7.99. The molecule has 1 aliphatic heterocycles. The van der Waals surface area contributed by atoms with Crippen LogP contribution in [0.3, 0.4) is 0 Å². The molecule has 1 N–H and O–H groups in total. The molecule has 2 aromatic heterocycles. The van der Waals surface area contributed by atoms with Crippen LogP contribution in [0.1, 0.15) is 43.0 Å². The number of nitrogens with zero attached hydrogens (tertiary/aromatic N) is 3. The lowest BCUT2D eigenvalue weighted by molar-refractivity contribution is -0.153. The lowest BCUT2D eigenvalue weighted by Gasteiger charge is -2.39. The Balaban J connectivity index is 1.38. The summed E-state index contributed by atoms with van der Waals surface area (Å²) in [5, 5.41) is 11.8. The average molecular weight is 498 g/mol. The Kier molecular flexibility index (Phi) is 8.23. The number of alkyl halides is 1. The average Bonchev–Trinajstić information content (AvgIpc) is 2.88. The second kappa shape index (κ2) is 11.4. The maximum Gasteiger partial charge on any atom is 0.309 e. The molecule has 186 valence electrons. The summed E-state index contributed by atoms with van der Waals surface area (Å²) >= 11 is 1.70. The Morgan fingerprint density at radius 1 is 1.26 bits per heavy atom. The van der Waals surface area contributed by atoms with Crippen molar-refractivity contribution in [2.45, 2.75) is 43.8 Å². The van der Waals surface area contributed by atoms with Gasteiger partial charge in [0.05, 0.1) is 23.1 Å². The highest BCUT2D eigenvalue weighted by atomic mass is 32.2. The highest BCUT2D eigenvalue weighted by Crippen LogP contribution is 2.41. The molecule has 3 heterocycles. The van der Waals surface area contributed by atoms with E-state index in [4.69, 9.17) is 4.74 Å². The number of benzene rings is 1. The van der Waals surface area contributed by atoms with Gasteiger partial charge in [0, 0.05) is 30.1 Å². The predicted octanol–water partition coefficient (Wildman–Crippen LogP) is 5.70. The largest absolute Gasteiger partial charge is 0.497 e. The molecule has 0 spiro atoms. The number of piperidine rings is 1. The summed E-state index contributed by atoms with van der Waals surface area (Å²) in [6.07, 6.45) is 3.75. The van der Waals surface area contributed by atoms with E-state index in [1.54, 1.807) is 31.3 Å². The number of ether oxygens (including phenoxy) is 1. The van der Waals surface area contributed by atoms with Gasteiger partial charge in [-0.1, -0.05) is 6.07 Å². The van der Waals surface area contributed by atoms with E-state index in [2.05, 4.69) is 14.9 Å². The lowest BCUT2D eigenvalue weighted by atomic mass is 9.74. The molecular formula is C27H32FN3O3S. The number of fused-ring (bicyclic) bond motifs is 1. The van der Waals surface area contributed by atoms with Crippen LogP contribution in [-0.4, -0.2) is 58.4 Å². The van der Waals surface area contributed by atoms with Gasteiger partial charge >= 0.3 is 5.97 Å². The van der Waals surface area contributed by atoms with Crippen LogP contribution < -0.4 is 4.74 Å². The van der Waals surface area contributed by atoms with Crippen LogP contribution in [0.4, 0.5) is 4.39 Å². The molecular weight excluding hydrogens is 465 g/mol. The van der Waals surface area contributed by atoms with Gasteiger partial charge in [0.1, 0.15) is 11.9 Å². The minimum absolute atomic E-state index is 0.166. The maximum atomic E-state index is 15.7. The van der Waals surface area contributed by atoms with E-state index in [0.29, 0.717) is 49.2 Å². The van der Waals surface area contributed by atoms with Crippen molar-refractivity contribution in [2.24, 2.45) is 5.41 Å². The van der Waals surface area contributed by atoms with Crippen LogP contribution in [0.25, 0.3) is 10.9 Å². The van der Waals surface area contributed by atoms with Gasteiger partial charge in [-0.15, -0.1) is 11.8 Å². The molecule has 1 atom stereocenters. The molecule has 3 aromatic rings. The first-order chi connectivity index (χ1) is 16.9. The van der Waals surface area contributed by atoms with Crippen molar-refractivity contribution in [2.75, 3.05) is 32.5 Å². The Labute approximate surface area is 209 Å². The van der Waals surface area contributed by atoms with Gasteiger partial charge in [-0.05, 0) is 87.2 Å². The fourth-order valence-corrected chi connectivity index (χ4v) is 5.74. The van der Waals surface area contributed by atoms with Gasteiger partial charge in [0.15, 0.2) is 0 Å². The number of pyridine rings is 2. The van der Waals surface area contributed by atoms with E-state index in [1.807, 2.05) is 43.3 Å². The lowest BCUT2D eigenvalue weighted by Crippen LogP contribution is -2.45. The number of hydrogen-bond acceptors (Lipinski definition) is 6. The summed E-state index contributed by atoms with van der Waals surface area (Å²) in [4.78, 5) is 23.4. The highest BCUT2D eigenvalue weighted by molar-refractivity contribution is 7.99. The molecule has 0 unspecified atom stereocenters. The number of carboxylic acid groups (broad SMARTS) is 1. The van der Waals surface area contributed by atoms with E-state index >= 15 is 4.39 Å². The van der Waals surface area contributed by atoms with E-state index in [9.17, 15) is 9.90 Å². The molecule has 6 nitrogen and oxygen atoms in total. The number of methoxy groups -OCH3 is 1. The number of rotatable bonds is 10. The SMILES string of the molecule is COc1ccc2ncc(C)c([C@@H](F)CCC3(C(=O)O)CCN(CCSc4ccccn4)CC3)c2c1. The monoisotopic (exact) mass is 497 g/mol. The molecule has 1 aliphatic rings. The molecule has 0 bridgehead atoms. The molecule has 1 fully saturated rings. The Hall–Kier alpha value is -2.71. The van der Waals surface area contributed by atoms with E-state index in [0.717, 1.165) is 28.3 Å². The molecule has 0 saturated carbocycles. The number of carboxylic acids is 1. The van der Waals surface area contributed by atoms with Crippen molar-refractivity contribution >= 4 is 28.6 Å². The summed E-state index contributed by atoms with van der Waals surface area (Å²) in [6.45, 7) is 4.15. The Bertz CT molecular complexity index is 1150. The second-order valence-corrected chi connectivity index (χ2v) is 10.3. The second-order valence-electron chi connectivity index (χ2n) is 9.19. The summed E-state index contributed by atoms with van der Waals surface area (Å²) in [6, 6.07) is 11.3. The van der Waals surface area contributed by atoms with Crippen LogP contribution in [0.5, 0.6) is 5.75 Å². The minimum atomic E-state index is -1.27. The third kappa shape index (κ3) is 5.93. The van der Waals surface area contributed by atoms with Crippen molar-refractivity contribution < 1.29 is 19.0 Å². The number of hydrogen-bond donors (Lipinski definition) is 1. The van der Waals surface area contributed by atoms with Crippen molar-refractivity contribution in [1.82, 2.24) is 14.9 Å². The molecule has 0 aliphatic carbocycles. The Morgan fingerprint density at radius 3 is 2.74 bits per heavy atom. The number of halogens is 1. The zero-order valence-corrected chi connectivity index (χ0v) is 21.1. The number of likely N-dealkylation sites (tertiary alicyclic amines) is 1. The van der Waals surface area contributed by atoms with E-state index in [-0.39, 0.29) is 6.42 Å². The number of thioether (sulfide) groups is 1. The molecule has 8 heteroatoms. The minimum Gasteiger partial charge on any atom is -0.497 e. The number of aryl methyl sites for hydroxylation is 1. The molecule has 4 rings (SSSR count). The van der Waals surface area contributed by atoms with Crippen LogP contribution in [0, 0.1) is 12.3 Å². The van der Waals surface area contributed by atoms with Crippen LogP contribution in [0.15, 0.2) is 53.8 Å². The van der Waals surface area contributed by atoms with Crippen molar-refractivity contribution in [3.05, 3.63) is 59.9 Å². The molecule has 0 amide bonds. The van der Waals surface area contributed by atoms with Crippen molar-refractivity contribution in [3.8, 4) is 5.75 Å². The van der Waals surface area contributed by atoms with Crippen LogP contribution in [0.2, 0.25) is 0 Å². The fraction of sp³-hybridized carbons (Fsp3) is 0.444. The zero-order chi connectivity index (χ0) is 24.8. The van der Waals surface area contributed by atoms with Gasteiger partial charge in [-0.3, -0.25) is 9.78 Å². The molecule has 1 saturated heterocycles. The first kappa shape index (κ1) is 25.4. The van der Waals surface area contributed by atoms with Crippen molar-refractivity contribution in [1.29, 1.82) is 0 Å². The summed E-state index contributed by atoms with van der Waals surface area (Å²) in [7, 11) is 1.58. The van der Waals surface area contributed by atoms with Crippen molar-refractivity contribution in [3.63, 3.8) is 0 Å². The van der Waals surface area contributed by atoms with Gasteiger partial charge in [-0.25, -0.2) is 9.37 Å². The first-order valence-electron chi connectivity index (χ1n) is 12.0. The number of carbonyl (C=O) groups is 1. The normalized spacial score (nSPS) is 16.8. The smallest absolute Gasteiger partial charge is 0.309 e. The van der Waals surface area contributed by atoms with Gasteiger partial charge in [0.25, 0.3) is 0 Å². The summed E-state index contributed by atoms with van der Waals surface area (Å²) < 4.78 is 21.0. The third-order valence-electron chi connectivity index (χ3n) is 7.07. The fourth-order valence-electron chi connectivity index (χ4n) is 4.87. The molecule has 1 aromatic carbocycles. The van der Waals surface area contributed by atoms with E-state index < -0.39 is 17.6 Å². The van der Waals surface area contributed by atoms with Gasteiger partial charge in [0.2, 0.25) is 0 Å². The summed E-state index contributed by atoms with van der Waals surface area (Å²) in [5.74, 6) is 0.737. The van der Waals surface area contributed by atoms with Gasteiger partial charge < -0.3 is 14.7 Å². The van der Waals surface area contributed by atoms with Crippen LogP contribution in [-0.2, 0) is 4.79 Å². The first-order valence-corrected chi connectivity index (χ1v) is 13.0. The number of aromatic nitrogens is 2. The molecule has 0 radical (unpaired) electrons. The Morgan fingerprint density at radius 2 is 2.06 bits per heavy atom. The highest BCUT2D eigenvalue weighted by Gasteiger charge is 2.41. The quantitative estimate of drug-likeness (QED) is 0.360. The van der Waals surface area contributed by atoms with E-state index in [1.165, 1.54) is 0 Å². The number of aliphatic carboxylic acids is 1. The summed E-state index contributed by atoms with van der Waals surface area (Å²) in [5.41, 5.74) is 1.17. The molecule has 35 heavy (non-hydrogen) atoms. The standard InChI is InChI=1S/C27H32FN3O3S/c1-19-18-30-23-7-6-20(34-2)17-21(23)25(19)22(28)8-9-27(26(32)33)10-13-31(14-11-27)15-16-35-24-5-3-4-12-29-24/h3-7,12,17-18,22H,8-11,13-16H2,1-2H3,(H,32,33)/t22-/m0/s1. The maximum absolute atomic E-state index is 15.7. The van der Waals surface area contributed by atoms with Crippen LogP contribution >= 0.6 is 11.8 Å². The zero-order valence-electron chi connectivity index (χ0n) is 20.2. The van der Waals surface area contributed by atoms with Gasteiger partial charge in [-0.2, -0.15) is 0 Å².